The molecule has 1 unspecified atom stereocenters. The highest BCUT2D eigenvalue weighted by Gasteiger charge is 2.16. The van der Waals surface area contributed by atoms with E-state index in [2.05, 4.69) is 37.1 Å². The van der Waals surface area contributed by atoms with E-state index < -0.39 is 8.07 Å². The van der Waals surface area contributed by atoms with Crippen molar-refractivity contribution in [3.8, 4) is 0 Å². The lowest BCUT2D eigenvalue weighted by Crippen LogP contribution is -2.36. The highest BCUT2D eigenvalue weighted by Crippen LogP contribution is 2.11. The van der Waals surface area contributed by atoms with Gasteiger partial charge in [0.05, 0.1) is 6.61 Å². The maximum atomic E-state index is 11.5. The number of nitrogens with one attached hydrogen (secondary N) is 1. The summed E-state index contributed by atoms with van der Waals surface area (Å²) in [5.74, 6) is 0. The van der Waals surface area contributed by atoms with Crippen LogP contribution in [-0.4, -0.2) is 26.8 Å². The average Bonchev–Trinajstić information content (AvgIpc) is 2.17. The van der Waals surface area contributed by atoms with Gasteiger partial charge in [0, 0.05) is 14.1 Å². The third kappa shape index (κ3) is 5.95. The van der Waals surface area contributed by atoms with Crippen LogP contribution < -0.4 is 5.32 Å². The van der Waals surface area contributed by atoms with E-state index >= 15 is 0 Å². The average molecular weight is 241 g/mol. The standard InChI is InChI=1S/C12H23NO2Si/c1-16(2,3)10-9-15-12(14)13-11-7-5-4-6-8-11/h4-5,11H,6-10H2,1-3H3,(H,13,14). The molecule has 0 aromatic rings. The van der Waals surface area contributed by atoms with Crippen LogP contribution in [0.15, 0.2) is 12.2 Å². The van der Waals surface area contributed by atoms with Crippen molar-refractivity contribution < 1.29 is 9.53 Å². The summed E-state index contributed by atoms with van der Waals surface area (Å²) in [4.78, 5) is 11.5. The molecule has 16 heavy (non-hydrogen) atoms. The first-order valence-corrected chi connectivity index (χ1v) is 9.76. The zero-order chi connectivity index (χ0) is 12.0. The van der Waals surface area contributed by atoms with Crippen LogP contribution in [0.25, 0.3) is 0 Å². The van der Waals surface area contributed by atoms with Gasteiger partial charge in [-0.3, -0.25) is 0 Å². The molecule has 0 heterocycles. The van der Waals surface area contributed by atoms with E-state index in [-0.39, 0.29) is 12.1 Å². The van der Waals surface area contributed by atoms with Crippen molar-refractivity contribution in [1.82, 2.24) is 5.32 Å². The zero-order valence-electron chi connectivity index (χ0n) is 10.6. The van der Waals surface area contributed by atoms with E-state index in [9.17, 15) is 4.79 Å². The van der Waals surface area contributed by atoms with E-state index in [1.807, 2.05) is 0 Å². The topological polar surface area (TPSA) is 38.3 Å². The van der Waals surface area contributed by atoms with Crippen LogP contribution in [-0.2, 0) is 4.74 Å². The fourth-order valence-electron chi connectivity index (χ4n) is 1.58. The first-order valence-electron chi connectivity index (χ1n) is 6.06. The lowest BCUT2D eigenvalue weighted by molar-refractivity contribution is 0.147. The summed E-state index contributed by atoms with van der Waals surface area (Å²) < 4.78 is 5.18. The van der Waals surface area contributed by atoms with Crippen LogP contribution in [0.5, 0.6) is 0 Å². The number of amides is 1. The first kappa shape index (κ1) is 13.3. The Morgan fingerprint density at radius 3 is 2.75 bits per heavy atom. The van der Waals surface area contributed by atoms with Gasteiger partial charge in [0.15, 0.2) is 0 Å². The van der Waals surface area contributed by atoms with Crippen LogP contribution in [0.4, 0.5) is 4.79 Å². The van der Waals surface area contributed by atoms with Gasteiger partial charge < -0.3 is 10.1 Å². The van der Waals surface area contributed by atoms with Gasteiger partial charge in [-0.2, -0.15) is 0 Å². The Hall–Kier alpha value is -0.773. The molecule has 92 valence electrons. The molecule has 1 aliphatic carbocycles. The Kier molecular flexibility index (Phi) is 5.05. The van der Waals surface area contributed by atoms with Crippen LogP contribution in [0.1, 0.15) is 19.3 Å². The third-order valence-electron chi connectivity index (χ3n) is 2.68. The molecule has 0 radical (unpaired) electrons. The number of carbonyl (C=O) groups is 1. The molecule has 3 nitrogen and oxygen atoms in total. The van der Waals surface area contributed by atoms with Crippen molar-refractivity contribution >= 4 is 14.2 Å². The van der Waals surface area contributed by atoms with Gasteiger partial charge in [0.25, 0.3) is 0 Å². The monoisotopic (exact) mass is 241 g/mol. The molecule has 0 spiro atoms. The number of alkyl carbamates (subject to hydrolysis) is 1. The molecule has 0 aromatic carbocycles. The quantitative estimate of drug-likeness (QED) is 0.606. The molecule has 0 aromatic heterocycles. The largest absolute Gasteiger partial charge is 0.450 e. The number of allylic oxidation sites excluding steroid dienone is 1. The Labute approximate surface area is 99.3 Å². The second kappa shape index (κ2) is 6.08. The smallest absolute Gasteiger partial charge is 0.407 e. The normalized spacial score (nSPS) is 20.6. The lowest BCUT2D eigenvalue weighted by Gasteiger charge is -2.20. The highest BCUT2D eigenvalue weighted by molar-refractivity contribution is 6.76. The third-order valence-corrected chi connectivity index (χ3v) is 4.38. The van der Waals surface area contributed by atoms with Crippen molar-refractivity contribution in [3.05, 3.63) is 12.2 Å². The Morgan fingerprint density at radius 1 is 1.44 bits per heavy atom. The van der Waals surface area contributed by atoms with E-state index in [4.69, 9.17) is 4.74 Å². The summed E-state index contributed by atoms with van der Waals surface area (Å²) in [7, 11) is -1.09. The van der Waals surface area contributed by atoms with E-state index in [1.165, 1.54) is 0 Å². The summed E-state index contributed by atoms with van der Waals surface area (Å²) in [5, 5.41) is 2.91. The minimum Gasteiger partial charge on any atom is -0.450 e. The van der Waals surface area contributed by atoms with Gasteiger partial charge in [-0.1, -0.05) is 31.8 Å². The molecule has 0 fully saturated rings. The predicted molar refractivity (Wildman–Crippen MR) is 69.4 cm³/mol. The van der Waals surface area contributed by atoms with Crippen molar-refractivity contribution in [2.45, 2.75) is 51.0 Å². The van der Waals surface area contributed by atoms with Crippen LogP contribution in [0.2, 0.25) is 25.7 Å². The van der Waals surface area contributed by atoms with Crippen molar-refractivity contribution in [2.75, 3.05) is 6.61 Å². The molecular weight excluding hydrogens is 218 g/mol. The maximum Gasteiger partial charge on any atom is 0.407 e. The number of rotatable bonds is 4. The molecule has 1 N–H and O–H groups in total. The summed E-state index contributed by atoms with van der Waals surface area (Å²) in [6, 6.07) is 1.30. The van der Waals surface area contributed by atoms with Crippen LogP contribution >= 0.6 is 0 Å². The minimum atomic E-state index is -1.09. The predicted octanol–water partition coefficient (Wildman–Crippen LogP) is 3.16. The van der Waals surface area contributed by atoms with Crippen LogP contribution in [0, 0.1) is 0 Å². The molecule has 1 amide bonds. The molecular formula is C12H23NO2Si. The Bertz CT molecular complexity index is 258. The second-order valence-electron chi connectivity index (χ2n) is 5.57. The molecule has 1 aliphatic rings. The summed E-state index contributed by atoms with van der Waals surface area (Å²) >= 11 is 0. The van der Waals surface area contributed by atoms with Gasteiger partial charge in [-0.15, -0.1) is 0 Å². The number of hydrogen-bond acceptors (Lipinski definition) is 2. The number of carbonyl (C=O) groups excluding carboxylic acids is 1. The fourth-order valence-corrected chi connectivity index (χ4v) is 2.30. The van der Waals surface area contributed by atoms with Gasteiger partial charge in [-0.25, -0.2) is 4.79 Å². The summed E-state index contributed by atoms with van der Waals surface area (Å²) in [6.07, 6.45) is 7.05. The Balaban J connectivity index is 2.13. The number of ether oxygens (including phenoxy) is 1. The molecule has 0 saturated heterocycles. The van der Waals surface area contributed by atoms with Crippen molar-refractivity contribution in [2.24, 2.45) is 0 Å². The summed E-state index contributed by atoms with van der Waals surface area (Å²) in [5.41, 5.74) is 0. The molecule has 1 rings (SSSR count). The zero-order valence-corrected chi connectivity index (χ0v) is 11.6. The lowest BCUT2D eigenvalue weighted by atomic mass is 10.0. The van der Waals surface area contributed by atoms with Gasteiger partial charge >= 0.3 is 6.09 Å². The van der Waals surface area contributed by atoms with E-state index in [1.54, 1.807) is 0 Å². The van der Waals surface area contributed by atoms with Gasteiger partial charge in [0.1, 0.15) is 0 Å². The van der Waals surface area contributed by atoms with E-state index in [0.717, 1.165) is 25.3 Å². The maximum absolute atomic E-state index is 11.5. The number of hydrogen-bond donors (Lipinski definition) is 1. The van der Waals surface area contributed by atoms with Crippen molar-refractivity contribution in [1.29, 1.82) is 0 Å². The Morgan fingerprint density at radius 2 is 2.19 bits per heavy atom. The van der Waals surface area contributed by atoms with Gasteiger partial charge in [-0.05, 0) is 25.3 Å². The summed E-state index contributed by atoms with van der Waals surface area (Å²) in [6.45, 7) is 7.39. The molecule has 0 aliphatic heterocycles. The first-order chi connectivity index (χ1) is 7.47. The minimum absolute atomic E-state index is 0.251. The SMILES string of the molecule is C[Si](C)(C)CCOC(=O)NC1CC=CCC1. The second-order valence-corrected chi connectivity index (χ2v) is 11.2. The van der Waals surface area contributed by atoms with Gasteiger partial charge in [0.2, 0.25) is 0 Å². The van der Waals surface area contributed by atoms with E-state index in [0.29, 0.717) is 6.61 Å². The molecule has 0 saturated carbocycles. The van der Waals surface area contributed by atoms with Crippen LogP contribution in [0.3, 0.4) is 0 Å². The highest BCUT2D eigenvalue weighted by atomic mass is 28.3. The molecule has 4 heteroatoms. The molecule has 0 bridgehead atoms. The molecule has 1 atom stereocenters. The fraction of sp³-hybridized carbons (Fsp3) is 0.750. The van der Waals surface area contributed by atoms with Crippen molar-refractivity contribution in [3.63, 3.8) is 0 Å².